The summed E-state index contributed by atoms with van der Waals surface area (Å²) in [5.74, 6) is 0. The van der Waals surface area contributed by atoms with Crippen molar-refractivity contribution in [1.82, 2.24) is 4.57 Å². The Kier molecular flexibility index (Phi) is 6.20. The molecule has 0 atom stereocenters. The van der Waals surface area contributed by atoms with Gasteiger partial charge in [0.05, 0.1) is 11.0 Å². The summed E-state index contributed by atoms with van der Waals surface area (Å²) in [5.41, 5.74) is 14.9. The van der Waals surface area contributed by atoms with Crippen LogP contribution in [0.5, 0.6) is 0 Å². The Morgan fingerprint density at radius 2 is 0.936 bits per heavy atom. The monoisotopic (exact) mass is 602 g/mol. The zero-order valence-electron chi connectivity index (χ0n) is 26.6. The molecule has 0 bridgehead atoms. The number of fused-ring (bicyclic) bond motifs is 6. The summed E-state index contributed by atoms with van der Waals surface area (Å²) in [4.78, 5) is 2.36. The topological polar surface area (TPSA) is 8.17 Å². The quantitative estimate of drug-likeness (QED) is 0.190. The molecule has 0 fully saturated rings. The van der Waals surface area contributed by atoms with Crippen molar-refractivity contribution in [2.24, 2.45) is 0 Å². The first kappa shape index (κ1) is 27.5. The van der Waals surface area contributed by atoms with Gasteiger partial charge in [0.15, 0.2) is 0 Å². The molecule has 2 nitrogen and oxygen atoms in total. The molecule has 0 radical (unpaired) electrons. The summed E-state index contributed by atoms with van der Waals surface area (Å²) in [6, 6.07) is 61.8. The van der Waals surface area contributed by atoms with E-state index >= 15 is 0 Å². The number of para-hydroxylation sites is 3. The van der Waals surface area contributed by atoms with Crippen LogP contribution in [-0.2, 0) is 5.41 Å². The molecular formula is C45H34N2. The van der Waals surface area contributed by atoms with E-state index in [2.05, 4.69) is 193 Å². The van der Waals surface area contributed by atoms with Gasteiger partial charge in [-0.1, -0.05) is 123 Å². The van der Waals surface area contributed by atoms with Crippen LogP contribution >= 0.6 is 0 Å². The fourth-order valence-corrected chi connectivity index (χ4v) is 7.68. The van der Waals surface area contributed by atoms with Gasteiger partial charge in [-0.3, -0.25) is 0 Å². The van der Waals surface area contributed by atoms with E-state index in [1.54, 1.807) is 0 Å². The van der Waals surface area contributed by atoms with Crippen LogP contribution in [0.2, 0.25) is 0 Å². The lowest BCUT2D eigenvalue weighted by molar-refractivity contribution is 0.660. The van der Waals surface area contributed by atoms with E-state index < -0.39 is 0 Å². The molecule has 0 amide bonds. The normalized spacial score (nSPS) is 13.1. The van der Waals surface area contributed by atoms with Gasteiger partial charge in [-0.2, -0.15) is 0 Å². The van der Waals surface area contributed by atoms with Gasteiger partial charge < -0.3 is 9.47 Å². The molecule has 0 saturated heterocycles. The van der Waals surface area contributed by atoms with Crippen molar-refractivity contribution in [1.29, 1.82) is 0 Å². The van der Waals surface area contributed by atoms with Crippen molar-refractivity contribution >= 4 is 38.9 Å². The van der Waals surface area contributed by atoms with E-state index in [1.165, 1.54) is 60.9 Å². The minimum absolute atomic E-state index is 0.0131. The van der Waals surface area contributed by atoms with Crippen molar-refractivity contribution < 1.29 is 0 Å². The van der Waals surface area contributed by atoms with E-state index in [-0.39, 0.29) is 5.41 Å². The molecule has 8 aromatic rings. The number of benzene rings is 7. The third-order valence-corrected chi connectivity index (χ3v) is 10.0. The lowest BCUT2D eigenvalue weighted by Gasteiger charge is -2.27. The van der Waals surface area contributed by atoms with Crippen molar-refractivity contribution in [3.05, 3.63) is 181 Å². The van der Waals surface area contributed by atoms with Crippen LogP contribution in [0.1, 0.15) is 25.0 Å². The van der Waals surface area contributed by atoms with Gasteiger partial charge in [0.1, 0.15) is 0 Å². The average molecular weight is 603 g/mol. The molecule has 1 aromatic heterocycles. The van der Waals surface area contributed by atoms with Crippen molar-refractivity contribution in [3.8, 4) is 27.9 Å². The Morgan fingerprint density at radius 1 is 0.426 bits per heavy atom. The SMILES string of the molecule is CC1(C)c2ccccc2-c2cc(N(c3ccccc3)c3ccc(-c4ccc(-n5c6ccccc6c6ccccc65)cc4)cc3)ccc21. The number of aromatic nitrogens is 1. The molecule has 0 spiro atoms. The van der Waals surface area contributed by atoms with Gasteiger partial charge in [-0.05, 0) is 94.0 Å². The van der Waals surface area contributed by atoms with Gasteiger partial charge in [0.25, 0.3) is 0 Å². The maximum Gasteiger partial charge on any atom is 0.0541 e. The highest BCUT2D eigenvalue weighted by Crippen LogP contribution is 2.50. The lowest BCUT2D eigenvalue weighted by Crippen LogP contribution is -2.15. The molecule has 0 aliphatic heterocycles. The van der Waals surface area contributed by atoms with E-state index in [9.17, 15) is 0 Å². The smallest absolute Gasteiger partial charge is 0.0541 e. The third kappa shape index (κ3) is 4.33. The number of nitrogens with zero attached hydrogens (tertiary/aromatic N) is 2. The van der Waals surface area contributed by atoms with E-state index in [0.717, 1.165) is 17.1 Å². The molecular weight excluding hydrogens is 569 g/mol. The van der Waals surface area contributed by atoms with Crippen LogP contribution in [-0.4, -0.2) is 4.57 Å². The molecule has 9 rings (SSSR count). The average Bonchev–Trinajstić information content (AvgIpc) is 3.58. The molecule has 1 heterocycles. The Bertz CT molecular complexity index is 2360. The Hall–Kier alpha value is -5.86. The second kappa shape index (κ2) is 10.6. The molecule has 0 unspecified atom stereocenters. The molecule has 224 valence electrons. The Morgan fingerprint density at radius 3 is 1.62 bits per heavy atom. The first-order valence-corrected chi connectivity index (χ1v) is 16.4. The van der Waals surface area contributed by atoms with E-state index in [4.69, 9.17) is 0 Å². The first-order valence-electron chi connectivity index (χ1n) is 16.4. The van der Waals surface area contributed by atoms with Crippen molar-refractivity contribution in [2.75, 3.05) is 4.90 Å². The van der Waals surface area contributed by atoms with Crippen LogP contribution in [0.15, 0.2) is 170 Å². The Balaban J connectivity index is 1.08. The van der Waals surface area contributed by atoms with Crippen LogP contribution in [0.4, 0.5) is 17.1 Å². The van der Waals surface area contributed by atoms with Gasteiger partial charge in [0, 0.05) is 38.9 Å². The van der Waals surface area contributed by atoms with Crippen LogP contribution in [0, 0.1) is 0 Å². The largest absolute Gasteiger partial charge is 0.310 e. The standard InChI is InChI=1S/C45H34N2/c1-45(2)41-17-9-6-14-37(41)40-30-36(28-29-42(40)45)46(33-12-4-3-5-13-33)34-24-20-31(21-25-34)32-22-26-35(27-23-32)47-43-18-10-7-15-38(43)39-16-8-11-19-44(39)47/h3-30H,1-2H3. The number of hydrogen-bond acceptors (Lipinski definition) is 1. The molecule has 0 N–H and O–H groups in total. The molecule has 0 saturated carbocycles. The first-order chi connectivity index (χ1) is 23.1. The minimum Gasteiger partial charge on any atom is -0.310 e. The highest BCUT2D eigenvalue weighted by molar-refractivity contribution is 6.09. The highest BCUT2D eigenvalue weighted by Gasteiger charge is 2.35. The van der Waals surface area contributed by atoms with Crippen LogP contribution in [0.3, 0.4) is 0 Å². The second-order valence-corrected chi connectivity index (χ2v) is 13.0. The van der Waals surface area contributed by atoms with Crippen molar-refractivity contribution in [3.63, 3.8) is 0 Å². The third-order valence-electron chi connectivity index (χ3n) is 10.0. The van der Waals surface area contributed by atoms with Crippen LogP contribution < -0.4 is 4.90 Å². The molecule has 1 aliphatic rings. The minimum atomic E-state index is -0.0131. The van der Waals surface area contributed by atoms with Crippen LogP contribution in [0.25, 0.3) is 49.7 Å². The zero-order valence-corrected chi connectivity index (χ0v) is 26.6. The van der Waals surface area contributed by atoms with Gasteiger partial charge >= 0.3 is 0 Å². The summed E-state index contributed by atoms with van der Waals surface area (Å²) in [5, 5.41) is 2.56. The van der Waals surface area contributed by atoms with Crippen molar-refractivity contribution in [2.45, 2.75) is 19.3 Å². The summed E-state index contributed by atoms with van der Waals surface area (Å²) < 4.78 is 2.37. The lowest BCUT2D eigenvalue weighted by atomic mass is 9.82. The fourth-order valence-electron chi connectivity index (χ4n) is 7.68. The van der Waals surface area contributed by atoms with E-state index in [0.29, 0.717) is 0 Å². The second-order valence-electron chi connectivity index (χ2n) is 13.0. The maximum absolute atomic E-state index is 2.37. The number of rotatable bonds is 5. The van der Waals surface area contributed by atoms with Gasteiger partial charge in [-0.15, -0.1) is 0 Å². The summed E-state index contributed by atoms with van der Waals surface area (Å²) in [6.45, 7) is 4.67. The highest BCUT2D eigenvalue weighted by atomic mass is 15.1. The predicted octanol–water partition coefficient (Wildman–Crippen LogP) is 12.2. The van der Waals surface area contributed by atoms with E-state index in [1.807, 2.05) is 0 Å². The van der Waals surface area contributed by atoms with Gasteiger partial charge in [0.2, 0.25) is 0 Å². The number of hydrogen-bond donors (Lipinski definition) is 0. The summed E-state index contributed by atoms with van der Waals surface area (Å²) >= 11 is 0. The van der Waals surface area contributed by atoms with Gasteiger partial charge in [-0.25, -0.2) is 0 Å². The fraction of sp³-hybridized carbons (Fsp3) is 0.0667. The molecule has 2 heteroatoms. The molecule has 7 aromatic carbocycles. The zero-order chi connectivity index (χ0) is 31.5. The maximum atomic E-state index is 2.37. The number of anilines is 3. The predicted molar refractivity (Wildman–Crippen MR) is 198 cm³/mol. The summed E-state index contributed by atoms with van der Waals surface area (Å²) in [6.07, 6.45) is 0. The Labute approximate surface area is 275 Å². The molecule has 47 heavy (non-hydrogen) atoms. The summed E-state index contributed by atoms with van der Waals surface area (Å²) in [7, 11) is 0. The molecule has 1 aliphatic carbocycles.